The lowest BCUT2D eigenvalue weighted by Crippen LogP contribution is -2.37. The molecule has 2 aliphatic rings. The van der Waals surface area contributed by atoms with Crippen LogP contribution in [0.3, 0.4) is 0 Å². The van der Waals surface area contributed by atoms with Crippen LogP contribution in [0.15, 0.2) is 0 Å². The van der Waals surface area contributed by atoms with E-state index in [4.69, 9.17) is 28.9 Å². The summed E-state index contributed by atoms with van der Waals surface area (Å²) in [6.45, 7) is 0. The molecule has 5 atom stereocenters. The molecule has 5 unspecified atom stereocenters. The van der Waals surface area contributed by atoms with Crippen LogP contribution in [-0.2, 0) is 0 Å². The van der Waals surface area contributed by atoms with Crippen molar-refractivity contribution >= 4 is 23.2 Å². The minimum absolute atomic E-state index is 0.135. The largest absolute Gasteiger partial charge is 0.327 e. The first-order valence-electron chi connectivity index (χ1n) is 3.74. The number of fused-ring (bicyclic) bond motifs is 2. The molecule has 2 bridgehead atoms. The van der Waals surface area contributed by atoms with Crippen molar-refractivity contribution in [1.82, 2.24) is 0 Å². The van der Waals surface area contributed by atoms with Gasteiger partial charge in [0.1, 0.15) is 0 Å². The summed E-state index contributed by atoms with van der Waals surface area (Å²) >= 11 is 12.1. The zero-order valence-corrected chi connectivity index (χ0v) is 7.15. The lowest BCUT2D eigenvalue weighted by Gasteiger charge is -2.25. The number of hydrogen-bond acceptors (Lipinski definition) is 1. The van der Waals surface area contributed by atoms with Gasteiger partial charge in [-0.3, -0.25) is 0 Å². The van der Waals surface area contributed by atoms with Crippen LogP contribution in [0.2, 0.25) is 0 Å². The summed E-state index contributed by atoms with van der Waals surface area (Å²) in [6, 6.07) is 0.322. The van der Waals surface area contributed by atoms with Gasteiger partial charge in [0.15, 0.2) is 0 Å². The molecule has 2 aliphatic carbocycles. The van der Waals surface area contributed by atoms with Crippen LogP contribution in [0.1, 0.15) is 12.8 Å². The minimum Gasteiger partial charge on any atom is -0.327 e. The van der Waals surface area contributed by atoms with Crippen LogP contribution in [-0.4, -0.2) is 16.8 Å². The zero-order valence-electron chi connectivity index (χ0n) is 5.63. The van der Waals surface area contributed by atoms with Crippen LogP contribution in [0.25, 0.3) is 0 Å². The molecule has 0 aromatic carbocycles. The van der Waals surface area contributed by atoms with E-state index in [1.54, 1.807) is 0 Å². The van der Waals surface area contributed by atoms with E-state index in [0.717, 1.165) is 12.8 Å². The van der Waals surface area contributed by atoms with Crippen molar-refractivity contribution in [3.05, 3.63) is 0 Å². The summed E-state index contributed by atoms with van der Waals surface area (Å²) in [7, 11) is 0. The van der Waals surface area contributed by atoms with Gasteiger partial charge in [0.05, 0.1) is 10.8 Å². The molecular weight excluding hydrogens is 169 g/mol. The molecule has 2 rings (SSSR count). The zero-order chi connectivity index (χ0) is 7.30. The van der Waals surface area contributed by atoms with Gasteiger partial charge in [-0.05, 0) is 24.7 Å². The van der Waals surface area contributed by atoms with E-state index in [2.05, 4.69) is 0 Å². The van der Waals surface area contributed by atoms with Crippen molar-refractivity contribution in [1.29, 1.82) is 0 Å². The maximum Gasteiger partial charge on any atom is 0.0545 e. The Morgan fingerprint density at radius 2 is 1.80 bits per heavy atom. The quantitative estimate of drug-likeness (QED) is 0.562. The van der Waals surface area contributed by atoms with Gasteiger partial charge in [-0.1, -0.05) is 0 Å². The second-order valence-corrected chi connectivity index (χ2v) is 4.46. The summed E-state index contributed by atoms with van der Waals surface area (Å²) < 4.78 is 0. The summed E-state index contributed by atoms with van der Waals surface area (Å²) in [4.78, 5) is 0. The van der Waals surface area contributed by atoms with Gasteiger partial charge in [0, 0.05) is 6.04 Å². The Kier molecular flexibility index (Phi) is 1.63. The van der Waals surface area contributed by atoms with Gasteiger partial charge in [-0.25, -0.2) is 0 Å². The predicted octanol–water partition coefficient (Wildman–Crippen LogP) is 1.57. The van der Waals surface area contributed by atoms with Crippen LogP contribution >= 0.6 is 23.2 Å². The number of nitrogens with two attached hydrogens (primary N) is 1. The van der Waals surface area contributed by atoms with Gasteiger partial charge >= 0.3 is 0 Å². The van der Waals surface area contributed by atoms with Crippen molar-refractivity contribution in [3.63, 3.8) is 0 Å². The molecule has 2 saturated carbocycles. The van der Waals surface area contributed by atoms with Gasteiger partial charge in [-0.15, -0.1) is 23.2 Å². The van der Waals surface area contributed by atoms with Crippen LogP contribution in [0.4, 0.5) is 0 Å². The fraction of sp³-hybridized carbons (Fsp3) is 1.00. The van der Waals surface area contributed by atoms with Gasteiger partial charge < -0.3 is 5.73 Å². The summed E-state index contributed by atoms with van der Waals surface area (Å²) in [5.74, 6) is 1.10. The van der Waals surface area contributed by atoms with E-state index < -0.39 is 0 Å². The minimum atomic E-state index is 0.135. The molecule has 2 N–H and O–H groups in total. The topological polar surface area (TPSA) is 26.0 Å². The first-order valence-corrected chi connectivity index (χ1v) is 4.61. The number of hydrogen-bond donors (Lipinski definition) is 1. The Morgan fingerprint density at radius 3 is 2.20 bits per heavy atom. The maximum absolute atomic E-state index is 6.04. The smallest absolute Gasteiger partial charge is 0.0545 e. The van der Waals surface area contributed by atoms with E-state index in [-0.39, 0.29) is 10.8 Å². The van der Waals surface area contributed by atoms with Gasteiger partial charge in [0.2, 0.25) is 0 Å². The van der Waals surface area contributed by atoms with Crippen LogP contribution in [0.5, 0.6) is 0 Å². The Bertz CT molecular complexity index is 149. The number of rotatable bonds is 0. The average molecular weight is 180 g/mol. The monoisotopic (exact) mass is 179 g/mol. The SMILES string of the molecule is NC1CC2CC1C(Cl)C2Cl. The Hall–Kier alpha value is 0.540. The van der Waals surface area contributed by atoms with Crippen molar-refractivity contribution in [2.24, 2.45) is 17.6 Å². The Balaban J connectivity index is 2.16. The first-order chi connectivity index (χ1) is 4.70. The van der Waals surface area contributed by atoms with E-state index in [9.17, 15) is 0 Å². The fourth-order valence-electron chi connectivity index (χ4n) is 2.27. The third-order valence-corrected chi connectivity index (χ3v) is 4.22. The highest BCUT2D eigenvalue weighted by molar-refractivity contribution is 6.30. The molecule has 0 amide bonds. The average Bonchev–Trinajstić information content (AvgIpc) is 2.36. The summed E-state index contributed by atoms with van der Waals surface area (Å²) in [6.07, 6.45) is 2.24. The third kappa shape index (κ3) is 0.806. The summed E-state index contributed by atoms with van der Waals surface area (Å²) in [5, 5.41) is 0.321. The van der Waals surface area contributed by atoms with Crippen molar-refractivity contribution in [2.75, 3.05) is 0 Å². The Labute approximate surface area is 70.9 Å². The number of halogens is 2. The maximum atomic E-state index is 6.04. The van der Waals surface area contributed by atoms with Gasteiger partial charge in [0.25, 0.3) is 0 Å². The normalized spacial score (nSPS) is 59.7. The molecule has 0 radical (unpaired) electrons. The molecule has 0 aromatic rings. The molecule has 0 spiro atoms. The first kappa shape index (κ1) is 7.20. The third-order valence-electron chi connectivity index (χ3n) is 2.86. The van der Waals surface area contributed by atoms with E-state index in [1.807, 2.05) is 0 Å². The lowest BCUT2D eigenvalue weighted by molar-refractivity contribution is 0.429. The van der Waals surface area contributed by atoms with Crippen molar-refractivity contribution in [3.8, 4) is 0 Å². The highest BCUT2D eigenvalue weighted by Gasteiger charge is 2.49. The van der Waals surface area contributed by atoms with E-state index in [1.165, 1.54) is 0 Å². The van der Waals surface area contributed by atoms with Crippen molar-refractivity contribution in [2.45, 2.75) is 29.6 Å². The van der Waals surface area contributed by atoms with Crippen molar-refractivity contribution < 1.29 is 0 Å². The van der Waals surface area contributed by atoms with E-state index >= 15 is 0 Å². The molecule has 0 heterocycles. The molecule has 1 nitrogen and oxygen atoms in total. The predicted molar refractivity (Wildman–Crippen MR) is 43.5 cm³/mol. The van der Waals surface area contributed by atoms with Crippen LogP contribution < -0.4 is 5.73 Å². The highest BCUT2D eigenvalue weighted by atomic mass is 35.5. The van der Waals surface area contributed by atoms with Gasteiger partial charge in [-0.2, -0.15) is 0 Å². The summed E-state index contributed by atoms with van der Waals surface area (Å²) in [5.41, 5.74) is 5.83. The Morgan fingerprint density at radius 1 is 1.10 bits per heavy atom. The lowest BCUT2D eigenvalue weighted by atomic mass is 9.95. The molecular formula is C7H11Cl2N. The molecule has 2 fully saturated rings. The number of alkyl halides is 2. The molecule has 10 heavy (non-hydrogen) atoms. The molecule has 0 saturated heterocycles. The molecule has 3 heteroatoms. The molecule has 0 aliphatic heterocycles. The highest BCUT2D eigenvalue weighted by Crippen LogP contribution is 2.48. The standard InChI is InChI=1S/C7H11Cl2N/c8-6-3-1-4(7(6)9)5(10)2-3/h3-7H,1-2,10H2. The second-order valence-electron chi connectivity index (χ2n) is 3.45. The molecule has 0 aromatic heterocycles. The fourth-order valence-corrected chi connectivity index (χ4v) is 3.16. The second kappa shape index (κ2) is 2.26. The van der Waals surface area contributed by atoms with Crippen LogP contribution in [0, 0.1) is 11.8 Å². The molecule has 58 valence electrons. The van der Waals surface area contributed by atoms with E-state index in [0.29, 0.717) is 17.9 Å².